The van der Waals surface area contributed by atoms with Gasteiger partial charge in [-0.05, 0) is 41.5 Å². The lowest BCUT2D eigenvalue weighted by Gasteiger charge is -2.08. The molecule has 0 atom stereocenters. The first-order valence-electron chi connectivity index (χ1n) is 7.68. The van der Waals surface area contributed by atoms with Crippen LogP contribution in [0.5, 0.6) is 5.75 Å². The number of nitrogens with one attached hydrogen (secondary N) is 1. The van der Waals surface area contributed by atoms with Crippen LogP contribution in [-0.2, 0) is 0 Å². The minimum Gasteiger partial charge on any atom is -0.497 e. The van der Waals surface area contributed by atoms with Gasteiger partial charge in [-0.2, -0.15) is 0 Å². The average molecular weight is 332 g/mol. The highest BCUT2D eigenvalue weighted by atomic mass is 32.2. The molecule has 0 aliphatic rings. The molecule has 1 N–H and O–H groups in total. The molecule has 2 aromatic heterocycles. The molecule has 0 fully saturated rings. The first-order chi connectivity index (χ1) is 11.8. The molecule has 0 spiro atoms. The Morgan fingerprint density at radius 2 is 1.88 bits per heavy atom. The molecule has 0 aliphatic carbocycles. The number of benzene rings is 2. The normalized spacial score (nSPS) is 10.9. The molecule has 4 rings (SSSR count). The molecule has 0 amide bonds. The van der Waals surface area contributed by atoms with Crippen molar-refractivity contribution in [1.29, 1.82) is 0 Å². The van der Waals surface area contributed by atoms with Crippen LogP contribution in [0.25, 0.3) is 22.2 Å². The fourth-order valence-electron chi connectivity index (χ4n) is 2.75. The van der Waals surface area contributed by atoms with E-state index in [1.165, 1.54) is 9.79 Å². The molecule has 0 saturated carbocycles. The Morgan fingerprint density at radius 3 is 2.71 bits per heavy atom. The fraction of sp³-hybridized carbons (Fsp3) is 0.0500. The summed E-state index contributed by atoms with van der Waals surface area (Å²) in [6.45, 7) is 0. The lowest BCUT2D eigenvalue weighted by molar-refractivity contribution is 0.415. The van der Waals surface area contributed by atoms with Gasteiger partial charge in [-0.25, -0.2) is 4.98 Å². The van der Waals surface area contributed by atoms with Crippen LogP contribution in [0.4, 0.5) is 0 Å². The number of hydrogen-bond donors (Lipinski definition) is 1. The summed E-state index contributed by atoms with van der Waals surface area (Å²) in [6, 6.07) is 20.5. The molecule has 0 radical (unpaired) electrons. The number of aromatic amines is 1. The summed E-state index contributed by atoms with van der Waals surface area (Å²) in [4.78, 5) is 10.1. The number of ether oxygens (including phenoxy) is 1. The number of fused-ring (bicyclic) bond motifs is 1. The second-order valence-corrected chi connectivity index (χ2v) is 6.50. The highest BCUT2D eigenvalue weighted by Crippen LogP contribution is 2.38. The Balaban J connectivity index is 1.85. The number of aromatic nitrogens is 2. The first kappa shape index (κ1) is 14.8. The van der Waals surface area contributed by atoms with Crippen LogP contribution in [0.1, 0.15) is 0 Å². The molecule has 4 aromatic rings. The van der Waals surface area contributed by atoms with Crippen LogP contribution in [0, 0.1) is 0 Å². The summed E-state index contributed by atoms with van der Waals surface area (Å²) in [5.41, 5.74) is 3.17. The third-order valence-electron chi connectivity index (χ3n) is 3.89. The largest absolute Gasteiger partial charge is 0.497 e. The predicted octanol–water partition coefficient (Wildman–Crippen LogP) is 5.39. The zero-order valence-corrected chi connectivity index (χ0v) is 14.0. The molecule has 0 saturated heterocycles. The number of nitrogens with zero attached hydrogens (tertiary/aromatic N) is 1. The van der Waals surface area contributed by atoms with E-state index in [4.69, 9.17) is 4.74 Å². The summed E-state index contributed by atoms with van der Waals surface area (Å²) in [7, 11) is 1.69. The molecule has 4 heteroatoms. The molecular weight excluding hydrogens is 316 g/mol. The topological polar surface area (TPSA) is 37.9 Å². The lowest BCUT2D eigenvalue weighted by atomic mass is 10.0. The van der Waals surface area contributed by atoms with Crippen LogP contribution in [0.3, 0.4) is 0 Å². The number of pyridine rings is 1. The lowest BCUT2D eigenvalue weighted by Crippen LogP contribution is -1.86. The van der Waals surface area contributed by atoms with E-state index in [9.17, 15) is 0 Å². The van der Waals surface area contributed by atoms with Crippen molar-refractivity contribution in [2.24, 2.45) is 0 Å². The summed E-state index contributed by atoms with van der Waals surface area (Å²) < 4.78 is 5.37. The molecule has 2 heterocycles. The van der Waals surface area contributed by atoms with Crippen molar-refractivity contribution < 1.29 is 4.74 Å². The maximum absolute atomic E-state index is 5.37. The van der Waals surface area contributed by atoms with Gasteiger partial charge in [0.05, 0.1) is 7.11 Å². The Kier molecular flexibility index (Phi) is 3.97. The van der Waals surface area contributed by atoms with E-state index in [0.29, 0.717) is 0 Å². The zero-order chi connectivity index (χ0) is 16.4. The molecule has 24 heavy (non-hydrogen) atoms. The van der Waals surface area contributed by atoms with Gasteiger partial charge in [-0.3, -0.25) is 0 Å². The van der Waals surface area contributed by atoms with Gasteiger partial charge in [-0.1, -0.05) is 42.1 Å². The van der Waals surface area contributed by atoms with Crippen LogP contribution in [0.2, 0.25) is 0 Å². The van der Waals surface area contributed by atoms with Gasteiger partial charge < -0.3 is 9.72 Å². The van der Waals surface area contributed by atoms with E-state index in [0.717, 1.165) is 27.9 Å². The highest BCUT2D eigenvalue weighted by molar-refractivity contribution is 7.99. The van der Waals surface area contributed by atoms with Crippen LogP contribution >= 0.6 is 11.8 Å². The first-order valence-corrected chi connectivity index (χ1v) is 8.50. The Bertz CT molecular complexity index is 979. The Morgan fingerprint density at radius 1 is 1.00 bits per heavy atom. The summed E-state index contributed by atoms with van der Waals surface area (Å²) >= 11 is 1.74. The summed E-state index contributed by atoms with van der Waals surface area (Å²) in [5.74, 6) is 0.852. The van der Waals surface area contributed by atoms with Crippen molar-refractivity contribution in [1.82, 2.24) is 9.97 Å². The van der Waals surface area contributed by atoms with Gasteiger partial charge in [0.25, 0.3) is 0 Å². The molecule has 0 bridgehead atoms. The highest BCUT2D eigenvalue weighted by Gasteiger charge is 2.12. The van der Waals surface area contributed by atoms with E-state index in [1.54, 1.807) is 18.9 Å². The minimum atomic E-state index is 0.852. The monoisotopic (exact) mass is 332 g/mol. The van der Waals surface area contributed by atoms with Crippen LogP contribution < -0.4 is 4.74 Å². The fourth-order valence-corrected chi connectivity index (χ4v) is 3.73. The van der Waals surface area contributed by atoms with Gasteiger partial charge >= 0.3 is 0 Å². The third-order valence-corrected chi connectivity index (χ3v) is 4.94. The molecule has 0 aliphatic heterocycles. The Hall–Kier alpha value is -2.72. The van der Waals surface area contributed by atoms with Gasteiger partial charge in [0.15, 0.2) is 0 Å². The van der Waals surface area contributed by atoms with Crippen LogP contribution in [-0.4, -0.2) is 17.1 Å². The van der Waals surface area contributed by atoms with Gasteiger partial charge in [-0.15, -0.1) is 0 Å². The minimum absolute atomic E-state index is 0.852. The third kappa shape index (κ3) is 2.76. The molecule has 0 unspecified atom stereocenters. The molecule has 3 nitrogen and oxygen atoms in total. The van der Waals surface area contributed by atoms with E-state index in [1.807, 2.05) is 30.6 Å². The average Bonchev–Trinajstić information content (AvgIpc) is 3.06. The molecule has 118 valence electrons. The number of hydrogen-bond acceptors (Lipinski definition) is 3. The van der Waals surface area contributed by atoms with E-state index in [2.05, 4.69) is 52.4 Å². The summed E-state index contributed by atoms with van der Waals surface area (Å²) in [6.07, 6.45) is 3.86. The van der Waals surface area contributed by atoms with Gasteiger partial charge in [0.2, 0.25) is 0 Å². The number of rotatable bonds is 4. The predicted molar refractivity (Wildman–Crippen MR) is 98.6 cm³/mol. The Labute approximate surface area is 144 Å². The standard InChI is InChI=1S/C20H16N2OS/c1-23-15-7-5-6-14(12-15)17-10-11-21-20-19(17)18(13-22-20)24-16-8-3-2-4-9-16/h2-13H,1H3,(H,21,22). The van der Waals surface area contributed by atoms with Crippen molar-refractivity contribution in [3.8, 4) is 16.9 Å². The quantitative estimate of drug-likeness (QED) is 0.544. The maximum Gasteiger partial charge on any atom is 0.139 e. The van der Waals surface area contributed by atoms with E-state index >= 15 is 0 Å². The van der Waals surface area contributed by atoms with Crippen molar-refractivity contribution >= 4 is 22.8 Å². The number of H-pyrrole nitrogens is 1. The van der Waals surface area contributed by atoms with Crippen molar-refractivity contribution in [2.45, 2.75) is 9.79 Å². The molecular formula is C20H16N2OS. The van der Waals surface area contributed by atoms with Crippen molar-refractivity contribution in [3.63, 3.8) is 0 Å². The van der Waals surface area contributed by atoms with Crippen molar-refractivity contribution in [3.05, 3.63) is 73.1 Å². The van der Waals surface area contributed by atoms with E-state index < -0.39 is 0 Å². The van der Waals surface area contributed by atoms with Crippen LogP contribution in [0.15, 0.2) is 82.8 Å². The zero-order valence-electron chi connectivity index (χ0n) is 13.2. The van der Waals surface area contributed by atoms with Crippen molar-refractivity contribution in [2.75, 3.05) is 7.11 Å². The van der Waals surface area contributed by atoms with Gasteiger partial charge in [0.1, 0.15) is 11.4 Å². The number of methoxy groups -OCH3 is 1. The summed E-state index contributed by atoms with van der Waals surface area (Å²) in [5, 5.41) is 1.14. The molecule has 2 aromatic carbocycles. The second kappa shape index (κ2) is 6.42. The van der Waals surface area contributed by atoms with Gasteiger partial charge in [0, 0.05) is 27.6 Å². The smallest absolute Gasteiger partial charge is 0.139 e. The second-order valence-electron chi connectivity index (χ2n) is 5.38. The maximum atomic E-state index is 5.37. The van der Waals surface area contributed by atoms with E-state index in [-0.39, 0.29) is 0 Å². The SMILES string of the molecule is COc1cccc(-c2ccnc3[nH]cc(Sc4ccccc4)c23)c1.